The third kappa shape index (κ3) is 8.00. The summed E-state index contributed by atoms with van der Waals surface area (Å²) in [6.07, 6.45) is 10.8. The van der Waals surface area contributed by atoms with E-state index in [4.69, 9.17) is 0 Å². The van der Waals surface area contributed by atoms with Crippen molar-refractivity contribution < 1.29 is 9.59 Å². The summed E-state index contributed by atoms with van der Waals surface area (Å²) in [5.74, 6) is -0.342. The van der Waals surface area contributed by atoms with Gasteiger partial charge in [-0.1, -0.05) is 81.0 Å². The van der Waals surface area contributed by atoms with Crippen LogP contribution in [0.1, 0.15) is 75.5 Å². The van der Waals surface area contributed by atoms with Gasteiger partial charge in [-0.3, -0.25) is 9.59 Å². The molecule has 8 heteroatoms. The molecule has 1 aromatic heterocycles. The Kier molecular flexibility index (Phi) is 11.1. The predicted molar refractivity (Wildman–Crippen MR) is 161 cm³/mol. The number of hydrogen-bond acceptors (Lipinski definition) is 6. The highest BCUT2D eigenvalue weighted by atomic mass is 32.2. The molecule has 0 aliphatic carbocycles. The van der Waals surface area contributed by atoms with Gasteiger partial charge in [0, 0.05) is 34.9 Å². The average Bonchev–Trinajstić information content (AvgIpc) is 3.47. The van der Waals surface area contributed by atoms with Crippen LogP contribution >= 0.6 is 23.1 Å². The Morgan fingerprint density at radius 1 is 1.00 bits per heavy atom. The highest BCUT2D eigenvalue weighted by Crippen LogP contribution is 2.42. The highest BCUT2D eigenvalue weighted by Gasteiger charge is 2.35. The van der Waals surface area contributed by atoms with Crippen molar-refractivity contribution in [2.45, 2.75) is 70.6 Å². The number of allylic oxidation sites excluding steroid dienone is 2. The zero-order chi connectivity index (χ0) is 27.5. The van der Waals surface area contributed by atoms with E-state index in [0.717, 1.165) is 30.8 Å². The molecule has 1 unspecified atom stereocenters. The van der Waals surface area contributed by atoms with Crippen molar-refractivity contribution in [1.82, 2.24) is 10.2 Å². The van der Waals surface area contributed by atoms with Crippen molar-refractivity contribution in [3.05, 3.63) is 74.6 Å². The molecular formula is C31H38N4O2S2. The first-order chi connectivity index (χ1) is 19.1. The van der Waals surface area contributed by atoms with Crippen LogP contribution in [0.5, 0.6) is 0 Å². The SMILES string of the molecule is CC1=C(C(=O)Nc2ccccc2)C(c2cccs2)C(C#N)=C(SCC(=O)N2CCCCCCCCCCC2)N1. The number of nitriles is 1. The van der Waals surface area contributed by atoms with Crippen molar-refractivity contribution in [2.75, 3.05) is 24.2 Å². The number of anilines is 1. The number of hydrogen-bond donors (Lipinski definition) is 2. The van der Waals surface area contributed by atoms with Gasteiger partial charge in [-0.2, -0.15) is 5.26 Å². The minimum Gasteiger partial charge on any atom is -0.353 e. The zero-order valence-electron chi connectivity index (χ0n) is 22.7. The lowest BCUT2D eigenvalue weighted by molar-refractivity contribution is -0.128. The number of nitrogens with one attached hydrogen (secondary N) is 2. The fourth-order valence-electron chi connectivity index (χ4n) is 5.22. The summed E-state index contributed by atoms with van der Waals surface area (Å²) in [7, 11) is 0. The van der Waals surface area contributed by atoms with E-state index in [0.29, 0.717) is 27.6 Å². The van der Waals surface area contributed by atoms with E-state index in [1.165, 1.54) is 68.0 Å². The van der Waals surface area contributed by atoms with Crippen molar-refractivity contribution in [2.24, 2.45) is 0 Å². The normalized spacial score (nSPS) is 19.4. The second-order valence-electron chi connectivity index (χ2n) is 10.1. The molecule has 2 aromatic rings. The quantitative estimate of drug-likeness (QED) is 0.390. The maximum absolute atomic E-state index is 13.5. The van der Waals surface area contributed by atoms with E-state index in [1.54, 1.807) is 0 Å². The van der Waals surface area contributed by atoms with Gasteiger partial charge < -0.3 is 15.5 Å². The number of benzene rings is 1. The molecule has 1 fully saturated rings. The molecule has 0 radical (unpaired) electrons. The number of dihydropyridines is 1. The van der Waals surface area contributed by atoms with Crippen LogP contribution in [0.4, 0.5) is 5.69 Å². The van der Waals surface area contributed by atoms with Crippen LogP contribution in [0.25, 0.3) is 0 Å². The summed E-state index contributed by atoms with van der Waals surface area (Å²) >= 11 is 2.90. The molecule has 0 saturated carbocycles. The average molecular weight is 563 g/mol. The monoisotopic (exact) mass is 562 g/mol. The molecule has 4 rings (SSSR count). The van der Waals surface area contributed by atoms with E-state index < -0.39 is 5.92 Å². The molecular weight excluding hydrogens is 525 g/mol. The maximum atomic E-state index is 13.5. The van der Waals surface area contributed by atoms with Crippen LogP contribution in [0, 0.1) is 11.3 Å². The van der Waals surface area contributed by atoms with Gasteiger partial charge in [0.25, 0.3) is 5.91 Å². The van der Waals surface area contributed by atoms with E-state index in [-0.39, 0.29) is 17.6 Å². The van der Waals surface area contributed by atoms with Gasteiger partial charge in [-0.15, -0.1) is 11.3 Å². The molecule has 2 aliphatic rings. The van der Waals surface area contributed by atoms with Gasteiger partial charge in [0.1, 0.15) is 0 Å². The summed E-state index contributed by atoms with van der Waals surface area (Å²) in [6.45, 7) is 3.47. The number of nitrogens with zero attached hydrogens (tertiary/aromatic N) is 2. The van der Waals surface area contributed by atoms with Crippen molar-refractivity contribution in [3.8, 4) is 6.07 Å². The number of amides is 2. The van der Waals surface area contributed by atoms with Gasteiger partial charge in [0.05, 0.1) is 28.3 Å². The molecule has 206 valence electrons. The Morgan fingerprint density at radius 2 is 1.64 bits per heavy atom. The van der Waals surface area contributed by atoms with Crippen molar-refractivity contribution in [3.63, 3.8) is 0 Å². The van der Waals surface area contributed by atoms with Crippen molar-refractivity contribution >= 4 is 40.6 Å². The number of para-hydroxylation sites is 1. The molecule has 6 nitrogen and oxygen atoms in total. The third-order valence-electron chi connectivity index (χ3n) is 7.30. The lowest BCUT2D eigenvalue weighted by atomic mass is 9.86. The van der Waals surface area contributed by atoms with Gasteiger partial charge in [-0.05, 0) is 43.3 Å². The van der Waals surface area contributed by atoms with Crippen LogP contribution in [-0.2, 0) is 9.59 Å². The van der Waals surface area contributed by atoms with E-state index in [9.17, 15) is 14.9 Å². The smallest absolute Gasteiger partial charge is 0.254 e. The number of carbonyl (C=O) groups is 2. The molecule has 0 bridgehead atoms. The van der Waals surface area contributed by atoms with Crippen LogP contribution < -0.4 is 10.6 Å². The van der Waals surface area contributed by atoms with Crippen LogP contribution in [0.3, 0.4) is 0 Å². The molecule has 3 heterocycles. The van der Waals surface area contributed by atoms with Gasteiger partial charge >= 0.3 is 0 Å². The fourth-order valence-corrected chi connectivity index (χ4v) is 7.05. The Hall–Kier alpha value is -3.02. The second kappa shape index (κ2) is 14.9. The first kappa shape index (κ1) is 29.0. The molecule has 0 spiro atoms. The standard InChI is InChI=1S/C31H38N4O2S2/c1-23-28(30(37)34-24-15-10-9-11-16-24)29(26-17-14-20-38-26)25(21-32)31(33-23)39-22-27(36)35-18-12-7-5-3-2-4-6-8-13-19-35/h9-11,14-17,20,29,33H,2-8,12-13,18-19,22H2,1H3,(H,34,37). The van der Waals surface area contributed by atoms with Gasteiger partial charge in [-0.25, -0.2) is 0 Å². The Bertz CT molecular complexity index is 1200. The predicted octanol–water partition coefficient (Wildman–Crippen LogP) is 7.17. The Balaban J connectivity index is 1.51. The minimum atomic E-state index is -0.487. The van der Waals surface area contributed by atoms with E-state index in [2.05, 4.69) is 16.7 Å². The number of thioether (sulfide) groups is 1. The summed E-state index contributed by atoms with van der Waals surface area (Å²) in [4.78, 5) is 29.7. The highest BCUT2D eigenvalue weighted by molar-refractivity contribution is 8.03. The Morgan fingerprint density at radius 3 is 2.23 bits per heavy atom. The third-order valence-corrected chi connectivity index (χ3v) is 9.24. The van der Waals surface area contributed by atoms with Crippen LogP contribution in [-0.4, -0.2) is 35.6 Å². The van der Waals surface area contributed by atoms with Crippen LogP contribution in [0.2, 0.25) is 0 Å². The molecule has 1 aromatic carbocycles. The second-order valence-corrected chi connectivity index (χ2v) is 12.1. The van der Waals surface area contributed by atoms with Crippen molar-refractivity contribution in [1.29, 1.82) is 5.26 Å². The summed E-state index contributed by atoms with van der Waals surface area (Å²) in [5.41, 5.74) is 2.40. The van der Waals surface area contributed by atoms with E-state index in [1.807, 2.05) is 59.7 Å². The first-order valence-electron chi connectivity index (χ1n) is 14.0. The van der Waals surface area contributed by atoms with E-state index >= 15 is 0 Å². The lowest BCUT2D eigenvalue weighted by Crippen LogP contribution is -2.35. The zero-order valence-corrected chi connectivity index (χ0v) is 24.3. The van der Waals surface area contributed by atoms with Gasteiger partial charge in [0.2, 0.25) is 5.91 Å². The first-order valence-corrected chi connectivity index (χ1v) is 15.9. The summed E-state index contributed by atoms with van der Waals surface area (Å²) in [6, 6.07) is 15.6. The molecule has 2 N–H and O–H groups in total. The number of carbonyl (C=O) groups excluding carboxylic acids is 2. The maximum Gasteiger partial charge on any atom is 0.254 e. The largest absolute Gasteiger partial charge is 0.353 e. The molecule has 39 heavy (non-hydrogen) atoms. The summed E-state index contributed by atoms with van der Waals surface area (Å²) < 4.78 is 0. The summed E-state index contributed by atoms with van der Waals surface area (Å²) in [5, 5.41) is 19.2. The fraction of sp³-hybridized carbons (Fsp3) is 0.452. The van der Waals surface area contributed by atoms with Gasteiger partial charge in [0.15, 0.2) is 0 Å². The number of rotatable bonds is 6. The Labute approximate surface area is 240 Å². The molecule has 2 aliphatic heterocycles. The molecule has 2 amide bonds. The molecule has 1 atom stereocenters. The van der Waals surface area contributed by atoms with Crippen LogP contribution in [0.15, 0.2) is 69.7 Å². The number of thiophene rings is 1. The topological polar surface area (TPSA) is 85.2 Å². The minimum absolute atomic E-state index is 0.116. The lowest BCUT2D eigenvalue weighted by Gasteiger charge is -2.29. The molecule has 1 saturated heterocycles.